The monoisotopic (exact) mass is 390 g/mol. The second-order valence-corrected chi connectivity index (χ2v) is 8.28. The molecule has 3 rings (SSSR count). The van der Waals surface area contributed by atoms with Crippen LogP contribution in [-0.2, 0) is 5.75 Å². The van der Waals surface area contributed by atoms with Gasteiger partial charge in [-0.25, -0.2) is 4.79 Å². The summed E-state index contributed by atoms with van der Waals surface area (Å²) in [6, 6.07) is 5.95. The number of anilines is 1. The molecule has 138 valence electrons. The van der Waals surface area contributed by atoms with E-state index in [1.54, 1.807) is 0 Å². The van der Waals surface area contributed by atoms with Gasteiger partial charge in [0.05, 0.1) is 0 Å². The van der Waals surface area contributed by atoms with Gasteiger partial charge in [0, 0.05) is 12.3 Å². The van der Waals surface area contributed by atoms with E-state index < -0.39 is 5.91 Å². The highest BCUT2D eigenvalue weighted by atomic mass is 32.2. The van der Waals surface area contributed by atoms with Gasteiger partial charge in [-0.05, 0) is 60.8 Å². The van der Waals surface area contributed by atoms with Crippen LogP contribution >= 0.6 is 23.3 Å². The first-order valence-corrected chi connectivity index (χ1v) is 10.2. The average molecular weight is 391 g/mol. The molecule has 4 N–H and O–H groups in total. The van der Waals surface area contributed by atoms with E-state index in [1.165, 1.54) is 22.9 Å². The van der Waals surface area contributed by atoms with Crippen LogP contribution in [0, 0.1) is 19.8 Å². The second kappa shape index (κ2) is 8.09. The van der Waals surface area contributed by atoms with Crippen LogP contribution in [0.5, 0.6) is 0 Å². The third-order valence-corrected chi connectivity index (χ3v) is 6.25. The number of hydrogen-bond acceptors (Lipinski definition) is 5. The molecule has 0 bridgehead atoms. The van der Waals surface area contributed by atoms with Gasteiger partial charge in [-0.15, -0.1) is 0 Å². The predicted octanol–water partition coefficient (Wildman–Crippen LogP) is 3.68. The predicted molar refractivity (Wildman–Crippen MR) is 106 cm³/mol. The van der Waals surface area contributed by atoms with Crippen LogP contribution in [0.25, 0.3) is 0 Å². The van der Waals surface area contributed by atoms with E-state index in [2.05, 4.69) is 47.1 Å². The molecule has 1 aromatic heterocycles. The summed E-state index contributed by atoms with van der Waals surface area (Å²) in [4.78, 5) is 23.9. The van der Waals surface area contributed by atoms with Gasteiger partial charge in [0.25, 0.3) is 5.91 Å². The Hall–Kier alpha value is -2.06. The highest BCUT2D eigenvalue weighted by Gasteiger charge is 2.23. The number of primary amides is 1. The number of hydrogen-bond donors (Lipinski definition) is 3. The highest BCUT2D eigenvalue weighted by Crippen LogP contribution is 2.33. The van der Waals surface area contributed by atoms with Crippen LogP contribution in [0.1, 0.15) is 39.9 Å². The average Bonchev–Trinajstić information content (AvgIpc) is 3.34. The molecule has 0 unspecified atom stereocenters. The van der Waals surface area contributed by atoms with Crippen molar-refractivity contribution in [1.82, 2.24) is 9.69 Å². The van der Waals surface area contributed by atoms with Crippen LogP contribution in [0.15, 0.2) is 23.2 Å². The van der Waals surface area contributed by atoms with Gasteiger partial charge in [0.15, 0.2) is 0 Å². The van der Waals surface area contributed by atoms with Gasteiger partial charge in [-0.3, -0.25) is 10.1 Å². The molecule has 0 atom stereocenters. The smallest absolute Gasteiger partial charge is 0.319 e. The minimum atomic E-state index is -0.584. The molecule has 1 aliphatic carbocycles. The van der Waals surface area contributed by atoms with Gasteiger partial charge >= 0.3 is 6.03 Å². The second-order valence-electron chi connectivity index (χ2n) is 6.54. The van der Waals surface area contributed by atoms with Crippen molar-refractivity contribution in [3.8, 4) is 0 Å². The van der Waals surface area contributed by atoms with E-state index in [9.17, 15) is 9.59 Å². The quantitative estimate of drug-likeness (QED) is 0.628. The molecule has 1 saturated carbocycles. The summed E-state index contributed by atoms with van der Waals surface area (Å²) in [5, 5.41) is 6.46. The number of benzene rings is 1. The number of aromatic nitrogens is 1. The van der Waals surface area contributed by atoms with E-state index in [0.29, 0.717) is 28.2 Å². The first-order chi connectivity index (χ1) is 12.4. The fourth-order valence-corrected chi connectivity index (χ4v) is 4.34. The van der Waals surface area contributed by atoms with Crippen molar-refractivity contribution in [3.05, 3.63) is 40.5 Å². The summed E-state index contributed by atoms with van der Waals surface area (Å²) in [6.07, 6.45) is 2.32. The third-order valence-electron chi connectivity index (χ3n) is 4.33. The van der Waals surface area contributed by atoms with Gasteiger partial charge in [0.2, 0.25) is 0 Å². The molecule has 6 nitrogen and oxygen atoms in total. The molecule has 0 radical (unpaired) electrons. The van der Waals surface area contributed by atoms with Crippen molar-refractivity contribution in [1.29, 1.82) is 0 Å². The summed E-state index contributed by atoms with van der Waals surface area (Å²) < 4.78 is 4.31. The molecule has 2 aromatic rings. The fraction of sp³-hybridized carbons (Fsp3) is 0.389. The minimum Gasteiger partial charge on any atom is -0.365 e. The standard InChI is InChI=1S/C18H22N4O2S2/c1-10-3-4-13(7-11(10)2)9-25-17-14(15(19)23)16(26-22-17)21-18(24)20-8-12-5-6-12/h3-4,7,12H,5-6,8-9H2,1-2H3,(H2,19,23)(H2,20,21,24). The number of rotatable bonds is 7. The number of thioether (sulfide) groups is 1. The Kier molecular flexibility index (Phi) is 5.83. The topological polar surface area (TPSA) is 97.1 Å². The van der Waals surface area contributed by atoms with Crippen molar-refractivity contribution in [2.45, 2.75) is 37.5 Å². The molecule has 0 spiro atoms. The van der Waals surface area contributed by atoms with Crippen LogP contribution in [0.4, 0.5) is 9.80 Å². The molecule has 26 heavy (non-hydrogen) atoms. The lowest BCUT2D eigenvalue weighted by Crippen LogP contribution is -2.30. The van der Waals surface area contributed by atoms with E-state index in [0.717, 1.165) is 29.9 Å². The van der Waals surface area contributed by atoms with Crippen molar-refractivity contribution in [3.63, 3.8) is 0 Å². The molecular formula is C18H22N4O2S2. The first kappa shape index (κ1) is 18.7. The molecule has 1 fully saturated rings. The Balaban J connectivity index is 1.66. The SMILES string of the molecule is Cc1ccc(CSc2nsc(NC(=O)NCC3CC3)c2C(N)=O)cc1C. The summed E-state index contributed by atoms with van der Waals surface area (Å²) >= 11 is 2.53. The van der Waals surface area contributed by atoms with Crippen molar-refractivity contribution < 1.29 is 9.59 Å². The van der Waals surface area contributed by atoms with E-state index in [1.807, 2.05) is 0 Å². The Bertz CT molecular complexity index is 831. The molecule has 1 aliphatic rings. The van der Waals surface area contributed by atoms with Crippen LogP contribution in [0.3, 0.4) is 0 Å². The largest absolute Gasteiger partial charge is 0.365 e. The number of urea groups is 1. The summed E-state index contributed by atoms with van der Waals surface area (Å²) in [6.45, 7) is 4.80. The van der Waals surface area contributed by atoms with E-state index in [-0.39, 0.29) is 11.6 Å². The Morgan fingerprint density at radius 1 is 1.31 bits per heavy atom. The van der Waals surface area contributed by atoms with Gasteiger partial charge in [-0.2, -0.15) is 4.37 Å². The van der Waals surface area contributed by atoms with Gasteiger partial charge in [0.1, 0.15) is 15.6 Å². The zero-order chi connectivity index (χ0) is 18.7. The number of carbonyl (C=O) groups excluding carboxylic acids is 2. The number of carbonyl (C=O) groups is 2. The molecule has 8 heteroatoms. The number of nitrogens with one attached hydrogen (secondary N) is 2. The van der Waals surface area contributed by atoms with E-state index in [4.69, 9.17) is 5.73 Å². The highest BCUT2D eigenvalue weighted by molar-refractivity contribution is 7.98. The van der Waals surface area contributed by atoms with Crippen LogP contribution in [-0.4, -0.2) is 22.9 Å². The number of amides is 3. The molecule has 1 aromatic carbocycles. The first-order valence-electron chi connectivity index (χ1n) is 8.47. The maximum absolute atomic E-state index is 12.0. The molecular weight excluding hydrogens is 368 g/mol. The fourth-order valence-electron chi connectivity index (χ4n) is 2.43. The lowest BCUT2D eigenvalue weighted by molar-refractivity contribution is 0.0998. The number of aryl methyl sites for hydroxylation is 2. The van der Waals surface area contributed by atoms with Crippen LogP contribution < -0.4 is 16.4 Å². The Labute approximate surface area is 161 Å². The third kappa shape index (κ3) is 4.76. The summed E-state index contributed by atoms with van der Waals surface area (Å²) in [5.74, 6) is 0.680. The van der Waals surface area contributed by atoms with Crippen molar-refractivity contribution in [2.24, 2.45) is 11.7 Å². The molecule has 3 amide bonds. The van der Waals surface area contributed by atoms with Crippen LogP contribution in [0.2, 0.25) is 0 Å². The number of nitrogens with zero attached hydrogens (tertiary/aromatic N) is 1. The molecule has 0 aliphatic heterocycles. The van der Waals surface area contributed by atoms with Gasteiger partial charge in [-0.1, -0.05) is 30.0 Å². The summed E-state index contributed by atoms with van der Waals surface area (Å²) in [5.41, 5.74) is 9.43. The van der Waals surface area contributed by atoms with Gasteiger partial charge < -0.3 is 11.1 Å². The lowest BCUT2D eigenvalue weighted by atomic mass is 10.1. The summed E-state index contributed by atoms with van der Waals surface area (Å²) in [7, 11) is 0. The Morgan fingerprint density at radius 3 is 2.73 bits per heavy atom. The zero-order valence-corrected chi connectivity index (χ0v) is 16.4. The minimum absolute atomic E-state index is 0.283. The maximum Gasteiger partial charge on any atom is 0.319 e. The molecule has 1 heterocycles. The zero-order valence-electron chi connectivity index (χ0n) is 14.8. The Morgan fingerprint density at radius 2 is 2.08 bits per heavy atom. The lowest BCUT2D eigenvalue weighted by Gasteiger charge is -2.07. The molecule has 0 saturated heterocycles. The van der Waals surface area contributed by atoms with Crippen molar-refractivity contribution >= 4 is 40.2 Å². The van der Waals surface area contributed by atoms with Crippen molar-refractivity contribution in [2.75, 3.05) is 11.9 Å². The maximum atomic E-state index is 12.0. The van der Waals surface area contributed by atoms with E-state index >= 15 is 0 Å². The number of nitrogens with two attached hydrogens (primary N) is 1. The normalized spacial score (nSPS) is 13.5.